The highest BCUT2D eigenvalue weighted by Gasteiger charge is 2.29. The lowest BCUT2D eigenvalue weighted by Crippen LogP contribution is -2.46. The second-order valence-corrected chi connectivity index (χ2v) is 5.37. The normalized spacial score (nSPS) is 14.5. The summed E-state index contributed by atoms with van der Waals surface area (Å²) in [5.41, 5.74) is 0.855. The third kappa shape index (κ3) is 4.02. The van der Waals surface area contributed by atoms with Gasteiger partial charge in [-0.1, -0.05) is 43.7 Å². The number of aliphatic hydroxyl groups is 1. The van der Waals surface area contributed by atoms with Gasteiger partial charge in [0.15, 0.2) is 0 Å². The number of benzene rings is 1. The molecule has 0 spiro atoms. The van der Waals surface area contributed by atoms with Gasteiger partial charge in [-0.15, -0.1) is 0 Å². The standard InChI is InChI=1S/C14H23NOS/c1-3-4-10-17-12-14(11-16,15-2)13-8-6-5-7-9-13/h5-9,15-16H,3-4,10-12H2,1-2H3. The van der Waals surface area contributed by atoms with E-state index in [1.54, 1.807) is 0 Å². The maximum Gasteiger partial charge on any atom is 0.0758 e. The summed E-state index contributed by atoms with van der Waals surface area (Å²) in [5, 5.41) is 13.0. The van der Waals surface area contributed by atoms with Gasteiger partial charge in [-0.2, -0.15) is 11.8 Å². The third-order valence-corrected chi connectivity index (χ3v) is 4.34. The highest BCUT2D eigenvalue weighted by molar-refractivity contribution is 7.99. The maximum atomic E-state index is 9.71. The minimum absolute atomic E-state index is 0.132. The van der Waals surface area contributed by atoms with Crippen LogP contribution >= 0.6 is 11.8 Å². The van der Waals surface area contributed by atoms with Crippen molar-refractivity contribution in [1.29, 1.82) is 0 Å². The first kappa shape index (κ1) is 14.6. The summed E-state index contributed by atoms with van der Waals surface area (Å²) in [4.78, 5) is 0. The van der Waals surface area contributed by atoms with E-state index in [1.165, 1.54) is 12.8 Å². The molecule has 0 radical (unpaired) electrons. The molecule has 3 heteroatoms. The molecule has 0 aliphatic rings. The van der Waals surface area contributed by atoms with Crippen molar-refractivity contribution in [2.75, 3.05) is 25.2 Å². The molecule has 0 saturated heterocycles. The number of hydrogen-bond donors (Lipinski definition) is 2. The zero-order chi connectivity index (χ0) is 12.6. The molecule has 17 heavy (non-hydrogen) atoms. The van der Waals surface area contributed by atoms with Crippen LogP contribution in [-0.4, -0.2) is 30.3 Å². The third-order valence-electron chi connectivity index (χ3n) is 3.07. The Morgan fingerprint density at radius 3 is 2.53 bits per heavy atom. The summed E-state index contributed by atoms with van der Waals surface area (Å²) in [6.45, 7) is 2.34. The van der Waals surface area contributed by atoms with Crippen molar-refractivity contribution >= 4 is 11.8 Å². The SMILES string of the molecule is CCCCSCC(CO)(NC)c1ccccc1. The van der Waals surface area contributed by atoms with Crippen LogP contribution in [-0.2, 0) is 5.54 Å². The van der Waals surface area contributed by atoms with Crippen molar-refractivity contribution in [3.63, 3.8) is 0 Å². The second kappa shape index (κ2) is 7.75. The van der Waals surface area contributed by atoms with Crippen molar-refractivity contribution in [2.24, 2.45) is 0 Å². The number of unbranched alkanes of at least 4 members (excludes halogenated alkanes) is 1. The molecule has 0 heterocycles. The molecule has 0 amide bonds. The van der Waals surface area contributed by atoms with Gasteiger partial charge in [0.25, 0.3) is 0 Å². The molecule has 2 N–H and O–H groups in total. The van der Waals surface area contributed by atoms with E-state index in [1.807, 2.05) is 37.0 Å². The van der Waals surface area contributed by atoms with Crippen LogP contribution in [0.3, 0.4) is 0 Å². The first-order valence-electron chi connectivity index (χ1n) is 6.22. The number of thioether (sulfide) groups is 1. The van der Waals surface area contributed by atoms with Crippen LogP contribution < -0.4 is 5.32 Å². The molecule has 0 aliphatic heterocycles. The Labute approximate surface area is 109 Å². The van der Waals surface area contributed by atoms with Crippen molar-refractivity contribution in [1.82, 2.24) is 5.32 Å². The topological polar surface area (TPSA) is 32.3 Å². The van der Waals surface area contributed by atoms with Gasteiger partial charge in [-0.25, -0.2) is 0 Å². The van der Waals surface area contributed by atoms with Gasteiger partial charge in [0.1, 0.15) is 0 Å². The van der Waals surface area contributed by atoms with E-state index in [0.717, 1.165) is 17.1 Å². The number of likely N-dealkylation sites (N-methyl/N-ethyl adjacent to an activating group) is 1. The average molecular weight is 253 g/mol. The Hall–Kier alpha value is -0.510. The Balaban J connectivity index is 2.68. The van der Waals surface area contributed by atoms with E-state index in [2.05, 4.69) is 24.4 Å². The lowest BCUT2D eigenvalue weighted by Gasteiger charge is -2.32. The summed E-state index contributed by atoms with van der Waals surface area (Å²) in [7, 11) is 1.92. The summed E-state index contributed by atoms with van der Waals surface area (Å²) < 4.78 is 0. The molecular formula is C14H23NOS. The molecule has 0 fully saturated rings. The fourth-order valence-electron chi connectivity index (χ4n) is 1.77. The van der Waals surface area contributed by atoms with E-state index in [0.29, 0.717) is 0 Å². The largest absolute Gasteiger partial charge is 0.394 e. The summed E-state index contributed by atoms with van der Waals surface area (Å²) >= 11 is 1.91. The first-order valence-corrected chi connectivity index (χ1v) is 7.37. The van der Waals surface area contributed by atoms with Gasteiger partial charge in [-0.3, -0.25) is 0 Å². The van der Waals surface area contributed by atoms with Gasteiger partial charge < -0.3 is 10.4 Å². The fourth-order valence-corrected chi connectivity index (χ4v) is 3.15. The Bertz CT molecular complexity index is 298. The lowest BCUT2D eigenvalue weighted by molar-refractivity contribution is 0.187. The highest BCUT2D eigenvalue weighted by Crippen LogP contribution is 2.25. The molecule has 1 rings (SSSR count). The van der Waals surface area contributed by atoms with Gasteiger partial charge >= 0.3 is 0 Å². The molecular weight excluding hydrogens is 230 g/mol. The maximum absolute atomic E-state index is 9.71. The molecule has 96 valence electrons. The molecule has 0 aromatic heterocycles. The number of nitrogens with one attached hydrogen (secondary N) is 1. The van der Waals surface area contributed by atoms with Crippen molar-refractivity contribution in [3.8, 4) is 0 Å². The molecule has 0 bridgehead atoms. The van der Waals surface area contributed by atoms with Crippen molar-refractivity contribution in [2.45, 2.75) is 25.3 Å². The van der Waals surface area contributed by atoms with Crippen molar-refractivity contribution < 1.29 is 5.11 Å². The van der Waals surface area contributed by atoms with Gasteiger partial charge in [0, 0.05) is 5.75 Å². The van der Waals surface area contributed by atoms with Gasteiger partial charge in [0.2, 0.25) is 0 Å². The van der Waals surface area contributed by atoms with Gasteiger partial charge in [0.05, 0.1) is 12.1 Å². The smallest absolute Gasteiger partial charge is 0.0758 e. The number of aliphatic hydroxyl groups excluding tert-OH is 1. The number of hydrogen-bond acceptors (Lipinski definition) is 3. The van der Waals surface area contributed by atoms with Crippen LogP contribution in [0.15, 0.2) is 30.3 Å². The van der Waals surface area contributed by atoms with E-state index in [9.17, 15) is 5.11 Å². The van der Waals surface area contributed by atoms with Crippen molar-refractivity contribution in [3.05, 3.63) is 35.9 Å². The van der Waals surface area contributed by atoms with E-state index in [-0.39, 0.29) is 12.1 Å². The second-order valence-electron chi connectivity index (χ2n) is 4.26. The van der Waals surface area contributed by atoms with Crippen LogP contribution in [0.2, 0.25) is 0 Å². The first-order chi connectivity index (χ1) is 8.29. The average Bonchev–Trinajstić information content (AvgIpc) is 2.41. The summed E-state index contributed by atoms with van der Waals surface area (Å²) in [5.74, 6) is 2.07. The Kier molecular flexibility index (Phi) is 6.63. The molecule has 1 aromatic carbocycles. The van der Waals surface area contributed by atoms with E-state index in [4.69, 9.17) is 0 Å². The zero-order valence-corrected chi connectivity index (χ0v) is 11.6. The quantitative estimate of drug-likeness (QED) is 0.699. The molecule has 1 atom stereocenters. The minimum atomic E-state index is -0.306. The van der Waals surface area contributed by atoms with E-state index < -0.39 is 0 Å². The van der Waals surface area contributed by atoms with Crippen LogP contribution in [0.4, 0.5) is 0 Å². The predicted octanol–water partition coefficient (Wildman–Crippen LogP) is 2.63. The highest BCUT2D eigenvalue weighted by atomic mass is 32.2. The molecule has 1 unspecified atom stereocenters. The van der Waals surface area contributed by atoms with Crippen LogP contribution in [0.1, 0.15) is 25.3 Å². The van der Waals surface area contributed by atoms with Crippen LogP contribution in [0.5, 0.6) is 0 Å². The Morgan fingerprint density at radius 2 is 2.00 bits per heavy atom. The summed E-state index contributed by atoms with van der Waals surface area (Å²) in [6, 6.07) is 10.2. The van der Waals surface area contributed by atoms with Crippen LogP contribution in [0.25, 0.3) is 0 Å². The molecule has 0 aliphatic carbocycles. The van der Waals surface area contributed by atoms with Crippen LogP contribution in [0, 0.1) is 0 Å². The predicted molar refractivity (Wildman–Crippen MR) is 76.5 cm³/mol. The molecule has 0 saturated carbocycles. The van der Waals surface area contributed by atoms with Gasteiger partial charge in [-0.05, 0) is 24.8 Å². The lowest BCUT2D eigenvalue weighted by atomic mass is 9.93. The minimum Gasteiger partial charge on any atom is -0.394 e. The number of rotatable bonds is 8. The Morgan fingerprint density at radius 1 is 1.29 bits per heavy atom. The van der Waals surface area contributed by atoms with E-state index >= 15 is 0 Å². The fraction of sp³-hybridized carbons (Fsp3) is 0.571. The molecule has 1 aromatic rings. The zero-order valence-electron chi connectivity index (χ0n) is 10.8. The summed E-state index contributed by atoms with van der Waals surface area (Å²) in [6.07, 6.45) is 2.47. The monoisotopic (exact) mass is 253 g/mol. The molecule has 2 nitrogen and oxygen atoms in total.